The van der Waals surface area contributed by atoms with Crippen LogP contribution in [-0.2, 0) is 21.5 Å². The third-order valence-corrected chi connectivity index (χ3v) is 3.83. The number of carbonyl (C=O) groups excluding carboxylic acids is 1. The van der Waals surface area contributed by atoms with Crippen LogP contribution in [0.15, 0.2) is 41.2 Å². The third-order valence-electron chi connectivity index (χ3n) is 3.19. The van der Waals surface area contributed by atoms with Gasteiger partial charge in [-0.2, -0.15) is 0 Å². The van der Waals surface area contributed by atoms with Gasteiger partial charge in [-0.15, -0.1) is 11.3 Å². The number of benzene rings is 1. The Morgan fingerprint density at radius 3 is 2.76 bits per heavy atom. The van der Waals surface area contributed by atoms with Gasteiger partial charge < -0.3 is 15.2 Å². The topological polar surface area (TPSA) is 71.5 Å². The average Bonchev–Trinajstić information content (AvgIpc) is 3.00. The lowest BCUT2D eigenvalue weighted by atomic mass is 9.91. The van der Waals surface area contributed by atoms with Crippen molar-refractivity contribution in [2.75, 3.05) is 20.3 Å². The summed E-state index contributed by atoms with van der Waals surface area (Å²) in [4.78, 5) is 16.3. The molecule has 0 fully saturated rings. The normalized spacial score (nSPS) is 13.6. The summed E-state index contributed by atoms with van der Waals surface area (Å²) in [7, 11) is 1.54. The fourth-order valence-corrected chi connectivity index (χ4v) is 2.73. The highest BCUT2D eigenvalue weighted by Crippen LogP contribution is 2.21. The second-order valence-electron chi connectivity index (χ2n) is 4.74. The molecule has 1 unspecified atom stereocenters. The Bertz CT molecular complexity index is 560. The first-order chi connectivity index (χ1) is 10.2. The first-order valence-corrected chi connectivity index (χ1v) is 7.48. The van der Waals surface area contributed by atoms with E-state index in [1.807, 2.05) is 35.7 Å². The maximum Gasteiger partial charge on any atom is 0.226 e. The van der Waals surface area contributed by atoms with E-state index in [2.05, 4.69) is 10.3 Å². The number of methoxy groups -OCH3 is 1. The van der Waals surface area contributed by atoms with E-state index in [-0.39, 0.29) is 25.5 Å². The predicted octanol–water partition coefficient (Wildman–Crippen LogP) is 1.34. The standard InChI is InChI=1S/C15H18N2O3S/c1-20-10-15(9-18,12-5-3-2-4-6-12)17-14(19)7-13-8-21-11-16-13/h2-6,8,11,18H,7,9-10H2,1H3,(H,17,19). The summed E-state index contributed by atoms with van der Waals surface area (Å²) in [5.41, 5.74) is 2.27. The number of aliphatic hydroxyl groups excluding tert-OH is 1. The Morgan fingerprint density at radius 2 is 2.19 bits per heavy atom. The smallest absolute Gasteiger partial charge is 0.226 e. The number of hydrogen-bond acceptors (Lipinski definition) is 5. The van der Waals surface area contributed by atoms with Crippen molar-refractivity contribution in [2.45, 2.75) is 12.0 Å². The molecule has 1 heterocycles. The number of aromatic nitrogens is 1. The van der Waals surface area contributed by atoms with E-state index in [0.717, 1.165) is 11.3 Å². The number of thiazole rings is 1. The van der Waals surface area contributed by atoms with Gasteiger partial charge in [-0.1, -0.05) is 30.3 Å². The third kappa shape index (κ3) is 3.87. The number of nitrogens with one attached hydrogen (secondary N) is 1. The number of aliphatic hydroxyl groups is 1. The van der Waals surface area contributed by atoms with Gasteiger partial charge in [-0.3, -0.25) is 4.79 Å². The van der Waals surface area contributed by atoms with E-state index < -0.39 is 5.54 Å². The molecule has 0 saturated carbocycles. The molecule has 1 aromatic heterocycles. The SMILES string of the molecule is COCC(CO)(NC(=O)Cc1cscn1)c1ccccc1. The van der Waals surface area contributed by atoms with Crippen LogP contribution < -0.4 is 5.32 Å². The molecule has 0 spiro atoms. The monoisotopic (exact) mass is 306 g/mol. The van der Waals surface area contributed by atoms with Crippen molar-refractivity contribution in [3.8, 4) is 0 Å². The minimum atomic E-state index is -0.941. The minimum Gasteiger partial charge on any atom is -0.393 e. The lowest BCUT2D eigenvalue weighted by Crippen LogP contribution is -2.52. The molecule has 6 heteroatoms. The predicted molar refractivity (Wildman–Crippen MR) is 81.0 cm³/mol. The maximum atomic E-state index is 12.2. The van der Waals surface area contributed by atoms with Crippen LogP contribution in [0, 0.1) is 0 Å². The summed E-state index contributed by atoms with van der Waals surface area (Å²) in [6, 6.07) is 9.33. The molecule has 21 heavy (non-hydrogen) atoms. The Labute approximate surface area is 127 Å². The van der Waals surface area contributed by atoms with Crippen molar-refractivity contribution in [3.05, 3.63) is 52.5 Å². The van der Waals surface area contributed by atoms with E-state index in [1.54, 1.807) is 12.6 Å². The molecular formula is C15H18N2O3S. The minimum absolute atomic E-state index is 0.182. The second-order valence-corrected chi connectivity index (χ2v) is 5.46. The zero-order valence-electron chi connectivity index (χ0n) is 11.8. The molecule has 0 aliphatic carbocycles. The molecule has 2 N–H and O–H groups in total. The molecule has 0 saturated heterocycles. The molecule has 2 aromatic rings. The van der Waals surface area contributed by atoms with Crippen LogP contribution in [0.3, 0.4) is 0 Å². The number of nitrogens with zero attached hydrogens (tertiary/aromatic N) is 1. The highest BCUT2D eigenvalue weighted by Gasteiger charge is 2.33. The van der Waals surface area contributed by atoms with Crippen molar-refractivity contribution in [2.24, 2.45) is 0 Å². The Balaban J connectivity index is 2.18. The van der Waals surface area contributed by atoms with Gasteiger partial charge in [-0.05, 0) is 5.56 Å². The molecule has 0 bridgehead atoms. The lowest BCUT2D eigenvalue weighted by molar-refractivity contribution is -0.124. The zero-order valence-corrected chi connectivity index (χ0v) is 12.6. The first kappa shape index (κ1) is 15.6. The molecule has 2 rings (SSSR count). The number of hydrogen-bond donors (Lipinski definition) is 2. The number of rotatable bonds is 7. The second kappa shape index (κ2) is 7.31. The van der Waals surface area contributed by atoms with Crippen molar-refractivity contribution in [1.29, 1.82) is 0 Å². The number of carbonyl (C=O) groups is 1. The summed E-state index contributed by atoms with van der Waals surface area (Å²) in [6.45, 7) is -0.0516. The van der Waals surface area contributed by atoms with Gasteiger partial charge >= 0.3 is 0 Å². The zero-order chi connectivity index (χ0) is 15.1. The van der Waals surface area contributed by atoms with E-state index >= 15 is 0 Å². The Hall–Kier alpha value is -1.76. The van der Waals surface area contributed by atoms with Gasteiger partial charge in [0.25, 0.3) is 0 Å². The van der Waals surface area contributed by atoms with Gasteiger partial charge in [0.15, 0.2) is 0 Å². The number of ether oxygens (including phenoxy) is 1. The van der Waals surface area contributed by atoms with Gasteiger partial charge in [-0.25, -0.2) is 4.98 Å². The van der Waals surface area contributed by atoms with Gasteiger partial charge in [0.1, 0.15) is 5.54 Å². The Kier molecular flexibility index (Phi) is 5.44. The molecule has 112 valence electrons. The van der Waals surface area contributed by atoms with E-state index in [1.165, 1.54) is 11.3 Å². The fourth-order valence-electron chi connectivity index (χ4n) is 2.17. The molecule has 1 amide bonds. The van der Waals surface area contributed by atoms with Crippen LogP contribution in [0.1, 0.15) is 11.3 Å². The van der Waals surface area contributed by atoms with Crippen LogP contribution >= 0.6 is 11.3 Å². The molecule has 0 radical (unpaired) electrons. The van der Waals surface area contributed by atoms with Gasteiger partial charge in [0, 0.05) is 12.5 Å². The summed E-state index contributed by atoms with van der Waals surface area (Å²) >= 11 is 1.45. The Morgan fingerprint density at radius 1 is 1.43 bits per heavy atom. The van der Waals surface area contributed by atoms with E-state index in [9.17, 15) is 9.90 Å². The lowest BCUT2D eigenvalue weighted by Gasteiger charge is -2.32. The average molecular weight is 306 g/mol. The summed E-state index contributed by atoms with van der Waals surface area (Å²) < 4.78 is 5.20. The molecule has 0 aliphatic rings. The van der Waals surface area contributed by atoms with Crippen molar-refractivity contribution in [3.63, 3.8) is 0 Å². The fraction of sp³-hybridized carbons (Fsp3) is 0.333. The van der Waals surface area contributed by atoms with Gasteiger partial charge in [0.05, 0.1) is 30.8 Å². The largest absolute Gasteiger partial charge is 0.393 e. The molecule has 1 atom stereocenters. The van der Waals surface area contributed by atoms with Crippen molar-refractivity contribution in [1.82, 2.24) is 10.3 Å². The quantitative estimate of drug-likeness (QED) is 0.810. The maximum absolute atomic E-state index is 12.2. The molecular weight excluding hydrogens is 288 g/mol. The van der Waals surface area contributed by atoms with Crippen LogP contribution in [0.5, 0.6) is 0 Å². The molecule has 5 nitrogen and oxygen atoms in total. The number of amides is 1. The molecule has 1 aromatic carbocycles. The van der Waals surface area contributed by atoms with Crippen molar-refractivity contribution >= 4 is 17.2 Å². The van der Waals surface area contributed by atoms with Crippen LogP contribution in [0.2, 0.25) is 0 Å². The van der Waals surface area contributed by atoms with Crippen LogP contribution in [0.4, 0.5) is 0 Å². The summed E-state index contributed by atoms with van der Waals surface area (Å²) in [6.07, 6.45) is 0.182. The van der Waals surface area contributed by atoms with E-state index in [4.69, 9.17) is 4.74 Å². The highest BCUT2D eigenvalue weighted by molar-refractivity contribution is 7.07. The highest BCUT2D eigenvalue weighted by atomic mass is 32.1. The van der Waals surface area contributed by atoms with E-state index in [0.29, 0.717) is 0 Å². The van der Waals surface area contributed by atoms with Crippen molar-refractivity contribution < 1.29 is 14.6 Å². The summed E-state index contributed by atoms with van der Waals surface area (Å²) in [5.74, 6) is -0.198. The van der Waals surface area contributed by atoms with Gasteiger partial charge in [0.2, 0.25) is 5.91 Å². The first-order valence-electron chi connectivity index (χ1n) is 6.53. The summed E-state index contributed by atoms with van der Waals surface area (Å²) in [5, 5.41) is 14.5. The van der Waals surface area contributed by atoms with Crippen LogP contribution in [0.25, 0.3) is 0 Å². The molecule has 0 aliphatic heterocycles. The van der Waals surface area contributed by atoms with Crippen LogP contribution in [-0.4, -0.2) is 36.3 Å².